The van der Waals surface area contributed by atoms with Gasteiger partial charge in [-0.25, -0.2) is 5.01 Å². The molecule has 0 saturated heterocycles. The molecule has 0 bridgehead atoms. The highest BCUT2D eigenvalue weighted by atomic mass is 16.7. The van der Waals surface area contributed by atoms with Crippen LogP contribution in [0.3, 0.4) is 0 Å². The Balaban J connectivity index is 1.34. The molecule has 0 N–H and O–H groups in total. The number of furan rings is 1. The van der Waals surface area contributed by atoms with Gasteiger partial charge in [-0.3, -0.25) is 9.69 Å². The molecule has 2 aromatic carbocycles. The van der Waals surface area contributed by atoms with E-state index in [-0.39, 0.29) is 25.3 Å². The van der Waals surface area contributed by atoms with Crippen LogP contribution in [-0.2, 0) is 11.3 Å². The van der Waals surface area contributed by atoms with Crippen molar-refractivity contribution in [2.75, 3.05) is 19.9 Å². The van der Waals surface area contributed by atoms with Gasteiger partial charge in [-0.15, -0.1) is 0 Å². The summed E-state index contributed by atoms with van der Waals surface area (Å²) in [5, 5.41) is 6.34. The average Bonchev–Trinajstić information content (AvgIpc) is 3.59. The van der Waals surface area contributed by atoms with E-state index in [0.717, 1.165) is 40.6 Å². The molecule has 0 fully saturated rings. The number of fused-ring (bicyclic) bond motifs is 1. The molecule has 7 nitrogen and oxygen atoms in total. The fourth-order valence-corrected chi connectivity index (χ4v) is 4.20. The molecule has 1 amide bonds. The van der Waals surface area contributed by atoms with Crippen molar-refractivity contribution < 1.29 is 18.7 Å². The summed E-state index contributed by atoms with van der Waals surface area (Å²) in [4.78, 5) is 15.5. The number of carbonyl (C=O) groups excluding carboxylic acids is 1. The number of aryl methyl sites for hydroxylation is 1. The Bertz CT molecular complexity index is 1150. The molecular formula is C26H27N3O4. The number of ether oxygens (including phenoxy) is 2. The van der Waals surface area contributed by atoms with Gasteiger partial charge in [-0.1, -0.05) is 42.8 Å². The number of rotatable bonds is 7. The standard InChI is InChI=1S/C26H27N3O4/c1-3-28(15-19-8-11-24-25(13-19)33-17-32-24)16-26(30)29-22(23-5-4-12-31-23)14-21(27-29)20-9-6-18(2)7-10-20/h4-13,22H,3,14-17H2,1-2H3. The molecule has 0 spiro atoms. The van der Waals surface area contributed by atoms with E-state index >= 15 is 0 Å². The van der Waals surface area contributed by atoms with Gasteiger partial charge in [0.15, 0.2) is 11.5 Å². The first-order chi connectivity index (χ1) is 16.1. The third-order valence-corrected chi connectivity index (χ3v) is 6.07. The summed E-state index contributed by atoms with van der Waals surface area (Å²) in [6.45, 7) is 5.98. The predicted octanol–water partition coefficient (Wildman–Crippen LogP) is 4.52. The lowest BCUT2D eigenvalue weighted by Gasteiger charge is -2.25. The van der Waals surface area contributed by atoms with Gasteiger partial charge in [-0.05, 0) is 48.9 Å². The van der Waals surface area contributed by atoms with Crippen molar-refractivity contribution in [1.82, 2.24) is 9.91 Å². The lowest BCUT2D eigenvalue weighted by Crippen LogP contribution is -2.37. The number of hydrogen-bond donors (Lipinski definition) is 0. The van der Waals surface area contributed by atoms with Crippen molar-refractivity contribution in [2.45, 2.75) is 32.9 Å². The van der Waals surface area contributed by atoms with Crippen molar-refractivity contribution in [3.8, 4) is 11.5 Å². The molecule has 0 saturated carbocycles. The van der Waals surface area contributed by atoms with Crippen molar-refractivity contribution in [3.05, 3.63) is 83.3 Å². The van der Waals surface area contributed by atoms with E-state index in [1.807, 2.05) is 30.3 Å². The fourth-order valence-electron chi connectivity index (χ4n) is 4.20. The molecule has 5 rings (SSSR count). The zero-order valence-corrected chi connectivity index (χ0v) is 18.9. The van der Waals surface area contributed by atoms with Gasteiger partial charge in [0, 0.05) is 13.0 Å². The highest BCUT2D eigenvalue weighted by Gasteiger charge is 2.35. The summed E-state index contributed by atoms with van der Waals surface area (Å²) >= 11 is 0. The van der Waals surface area contributed by atoms with Crippen LogP contribution >= 0.6 is 0 Å². The Hall–Kier alpha value is -3.58. The molecule has 0 aliphatic carbocycles. The lowest BCUT2D eigenvalue weighted by molar-refractivity contribution is -0.134. The summed E-state index contributed by atoms with van der Waals surface area (Å²) in [7, 11) is 0. The van der Waals surface area contributed by atoms with E-state index in [9.17, 15) is 4.79 Å². The molecule has 2 aliphatic heterocycles. The minimum Gasteiger partial charge on any atom is -0.467 e. The maximum atomic E-state index is 13.4. The van der Waals surface area contributed by atoms with Crippen molar-refractivity contribution in [2.24, 2.45) is 5.10 Å². The second kappa shape index (κ2) is 9.11. The highest BCUT2D eigenvalue weighted by Crippen LogP contribution is 2.34. The first kappa shape index (κ1) is 21.3. The molecule has 170 valence electrons. The second-order valence-corrected chi connectivity index (χ2v) is 8.38. The molecule has 1 atom stereocenters. The Kier molecular flexibility index (Phi) is 5.88. The van der Waals surface area contributed by atoms with Gasteiger partial charge in [0.1, 0.15) is 11.8 Å². The van der Waals surface area contributed by atoms with Gasteiger partial charge in [0.25, 0.3) is 5.91 Å². The van der Waals surface area contributed by atoms with E-state index < -0.39 is 0 Å². The number of hydrazone groups is 1. The normalized spacial score (nSPS) is 17.0. The van der Waals surface area contributed by atoms with Gasteiger partial charge >= 0.3 is 0 Å². The van der Waals surface area contributed by atoms with Gasteiger partial charge in [-0.2, -0.15) is 5.10 Å². The molecule has 0 radical (unpaired) electrons. The van der Waals surface area contributed by atoms with Gasteiger partial charge in [0.2, 0.25) is 6.79 Å². The third kappa shape index (κ3) is 4.50. The van der Waals surface area contributed by atoms with Crippen LogP contribution in [0.15, 0.2) is 70.4 Å². The molecule has 3 aromatic rings. The smallest absolute Gasteiger partial charge is 0.257 e. The predicted molar refractivity (Wildman–Crippen MR) is 124 cm³/mol. The van der Waals surface area contributed by atoms with E-state index in [4.69, 9.17) is 19.0 Å². The summed E-state index contributed by atoms with van der Waals surface area (Å²) in [6, 6.07) is 17.6. The molecule has 33 heavy (non-hydrogen) atoms. The zero-order chi connectivity index (χ0) is 22.8. The fraction of sp³-hybridized carbons (Fsp3) is 0.308. The average molecular weight is 446 g/mol. The van der Waals surface area contributed by atoms with E-state index in [1.54, 1.807) is 11.3 Å². The van der Waals surface area contributed by atoms with Crippen LogP contribution in [0.25, 0.3) is 0 Å². The van der Waals surface area contributed by atoms with E-state index in [1.165, 1.54) is 5.56 Å². The van der Waals surface area contributed by atoms with Crippen LogP contribution < -0.4 is 9.47 Å². The summed E-state index contributed by atoms with van der Waals surface area (Å²) in [5.74, 6) is 2.20. The number of benzene rings is 2. The van der Waals surface area contributed by atoms with E-state index in [2.05, 4.69) is 43.0 Å². The maximum absolute atomic E-state index is 13.4. The molecule has 1 aromatic heterocycles. The summed E-state index contributed by atoms with van der Waals surface area (Å²) in [5.41, 5.74) is 4.18. The number of nitrogens with zero attached hydrogens (tertiary/aromatic N) is 3. The zero-order valence-electron chi connectivity index (χ0n) is 18.9. The molecule has 3 heterocycles. The first-order valence-corrected chi connectivity index (χ1v) is 11.2. The van der Waals surface area contributed by atoms with Crippen molar-refractivity contribution >= 4 is 11.6 Å². The minimum atomic E-state index is -0.243. The van der Waals surface area contributed by atoms with Crippen LogP contribution in [0, 0.1) is 6.92 Å². The SMILES string of the molecule is CCN(CC(=O)N1N=C(c2ccc(C)cc2)CC1c1ccco1)Cc1ccc2c(c1)OCO2. The second-order valence-electron chi connectivity index (χ2n) is 8.38. The van der Waals surface area contributed by atoms with Crippen LogP contribution in [0.5, 0.6) is 11.5 Å². The van der Waals surface area contributed by atoms with Crippen LogP contribution in [-0.4, -0.2) is 41.4 Å². The van der Waals surface area contributed by atoms with Crippen LogP contribution in [0.1, 0.15) is 41.8 Å². The molecule has 1 unspecified atom stereocenters. The van der Waals surface area contributed by atoms with E-state index in [0.29, 0.717) is 13.0 Å². The van der Waals surface area contributed by atoms with Gasteiger partial charge < -0.3 is 13.9 Å². The lowest BCUT2D eigenvalue weighted by atomic mass is 10.0. The number of carbonyl (C=O) groups is 1. The quantitative estimate of drug-likeness (QED) is 0.535. The summed E-state index contributed by atoms with van der Waals surface area (Å²) in [6.07, 6.45) is 2.26. The Labute approximate surface area is 193 Å². The first-order valence-electron chi connectivity index (χ1n) is 11.2. The largest absolute Gasteiger partial charge is 0.467 e. The van der Waals surface area contributed by atoms with Crippen molar-refractivity contribution in [1.29, 1.82) is 0 Å². The molecular weight excluding hydrogens is 418 g/mol. The van der Waals surface area contributed by atoms with Crippen molar-refractivity contribution in [3.63, 3.8) is 0 Å². The number of hydrogen-bond acceptors (Lipinski definition) is 6. The monoisotopic (exact) mass is 445 g/mol. The highest BCUT2D eigenvalue weighted by molar-refractivity contribution is 6.03. The Morgan fingerprint density at radius 2 is 1.94 bits per heavy atom. The van der Waals surface area contributed by atoms with Crippen LogP contribution in [0.4, 0.5) is 0 Å². The Morgan fingerprint density at radius 3 is 2.70 bits per heavy atom. The summed E-state index contributed by atoms with van der Waals surface area (Å²) < 4.78 is 16.6. The minimum absolute atomic E-state index is 0.0545. The third-order valence-electron chi connectivity index (χ3n) is 6.07. The van der Waals surface area contributed by atoms with Crippen LogP contribution in [0.2, 0.25) is 0 Å². The number of amides is 1. The molecule has 7 heteroatoms. The maximum Gasteiger partial charge on any atom is 0.257 e. The van der Waals surface area contributed by atoms with Gasteiger partial charge in [0.05, 0.1) is 18.5 Å². The Morgan fingerprint density at radius 1 is 1.12 bits per heavy atom. The topological polar surface area (TPSA) is 67.5 Å². The number of likely N-dealkylation sites (N-methyl/N-ethyl adjacent to an activating group) is 1. The molecule has 2 aliphatic rings.